The zero-order valence-corrected chi connectivity index (χ0v) is 14.3. The molecule has 0 unspecified atom stereocenters. The maximum atomic E-state index is 9.80. The zero-order valence-electron chi connectivity index (χ0n) is 14.3. The van der Waals surface area contributed by atoms with E-state index in [2.05, 4.69) is 13.0 Å². The second-order valence-corrected chi connectivity index (χ2v) is 7.00. The van der Waals surface area contributed by atoms with Crippen molar-refractivity contribution in [3.05, 3.63) is 23.8 Å². The van der Waals surface area contributed by atoms with Crippen molar-refractivity contribution in [2.24, 2.45) is 11.8 Å². The molecule has 0 saturated heterocycles. The Morgan fingerprint density at radius 2 is 1.87 bits per heavy atom. The number of nitrogens with zero attached hydrogens (tertiary/aromatic N) is 1. The molecular weight excluding hydrogens is 288 g/mol. The van der Waals surface area contributed by atoms with Crippen molar-refractivity contribution < 1.29 is 9.47 Å². The summed E-state index contributed by atoms with van der Waals surface area (Å²) in [7, 11) is 1.67. The molecule has 23 heavy (non-hydrogen) atoms. The van der Waals surface area contributed by atoms with Gasteiger partial charge in [-0.25, -0.2) is 0 Å². The molecule has 0 atom stereocenters. The number of hydrogen-bond donors (Lipinski definition) is 1. The second kappa shape index (κ2) is 7.23. The Bertz CT molecular complexity index is 567. The summed E-state index contributed by atoms with van der Waals surface area (Å²) >= 11 is 0. The van der Waals surface area contributed by atoms with E-state index in [-0.39, 0.29) is 11.6 Å². The van der Waals surface area contributed by atoms with Crippen molar-refractivity contribution in [1.29, 1.82) is 5.26 Å². The lowest BCUT2D eigenvalue weighted by Gasteiger charge is -2.34. The average Bonchev–Trinajstić information content (AvgIpc) is 3.38. The quantitative estimate of drug-likeness (QED) is 0.860. The predicted molar refractivity (Wildman–Crippen MR) is 91.2 cm³/mol. The monoisotopic (exact) mass is 316 g/mol. The molecule has 2 aliphatic carbocycles. The van der Waals surface area contributed by atoms with Crippen LogP contribution in [-0.2, 0) is 5.41 Å². The van der Waals surface area contributed by atoms with Gasteiger partial charge in [-0.05, 0) is 68.1 Å². The van der Waals surface area contributed by atoms with E-state index in [1.807, 2.05) is 18.2 Å². The van der Waals surface area contributed by atoms with Gasteiger partial charge in [-0.2, -0.15) is 5.26 Å². The largest absolute Gasteiger partial charge is 0.493 e. The summed E-state index contributed by atoms with van der Waals surface area (Å²) < 4.78 is 11.4. The zero-order chi connectivity index (χ0) is 15.6. The maximum Gasteiger partial charge on any atom is 0.161 e. The third-order valence-corrected chi connectivity index (χ3v) is 5.23. The Labute approximate surface area is 139 Å². The molecule has 3 N–H and O–H groups in total. The molecule has 2 aliphatic rings. The molecule has 126 valence electrons. The molecule has 0 radical (unpaired) electrons. The van der Waals surface area contributed by atoms with Crippen LogP contribution < -0.4 is 15.6 Å². The van der Waals surface area contributed by atoms with Crippen LogP contribution >= 0.6 is 0 Å². The van der Waals surface area contributed by atoms with E-state index in [4.69, 9.17) is 9.47 Å². The molecule has 0 heterocycles. The highest BCUT2D eigenvalue weighted by Crippen LogP contribution is 2.43. The van der Waals surface area contributed by atoms with Gasteiger partial charge in [0.05, 0.1) is 25.2 Å². The van der Waals surface area contributed by atoms with Crippen LogP contribution in [-0.4, -0.2) is 13.7 Å². The minimum absolute atomic E-state index is 0. The lowest BCUT2D eigenvalue weighted by molar-refractivity contribution is 0.274. The molecule has 0 amide bonds. The molecule has 1 aromatic rings. The predicted octanol–water partition coefficient (Wildman–Crippen LogP) is 4.62. The fraction of sp³-hybridized carbons (Fsp3) is 0.632. The van der Waals surface area contributed by atoms with Crippen LogP contribution in [0.2, 0.25) is 0 Å². The molecule has 1 aromatic carbocycles. The van der Waals surface area contributed by atoms with Gasteiger partial charge in [0.15, 0.2) is 11.5 Å². The summed E-state index contributed by atoms with van der Waals surface area (Å²) in [5.74, 6) is 2.99. The van der Waals surface area contributed by atoms with Gasteiger partial charge in [0.25, 0.3) is 0 Å². The fourth-order valence-electron chi connectivity index (χ4n) is 3.30. The summed E-state index contributed by atoms with van der Waals surface area (Å²) in [6, 6.07) is 8.64. The van der Waals surface area contributed by atoms with Crippen LogP contribution in [0.1, 0.15) is 51.0 Å². The number of nitriles is 1. The van der Waals surface area contributed by atoms with Crippen molar-refractivity contribution in [3.63, 3.8) is 0 Å². The van der Waals surface area contributed by atoms with E-state index in [1.165, 1.54) is 12.8 Å². The lowest BCUT2D eigenvalue weighted by atomic mass is 9.68. The van der Waals surface area contributed by atoms with Crippen LogP contribution in [0.15, 0.2) is 18.2 Å². The van der Waals surface area contributed by atoms with E-state index in [0.717, 1.165) is 55.3 Å². The molecule has 2 fully saturated rings. The first-order valence-corrected chi connectivity index (χ1v) is 8.39. The van der Waals surface area contributed by atoms with E-state index in [0.29, 0.717) is 5.92 Å². The van der Waals surface area contributed by atoms with E-state index < -0.39 is 0 Å². The minimum Gasteiger partial charge on any atom is -0.493 e. The third-order valence-electron chi connectivity index (χ3n) is 5.23. The normalized spacial score (nSPS) is 26.7. The van der Waals surface area contributed by atoms with Crippen molar-refractivity contribution in [3.8, 4) is 17.6 Å². The number of methoxy groups -OCH3 is 1. The standard InChI is InChI=1S/C19H25NO2.H3N/c1-14-7-9-19(13-20,10-8-14)16-5-6-17(21-2)18(11-16)22-12-15-3-4-15;/h5-6,11,14-15H,3-4,7-10,12H2,1-2H3;1H3. The Balaban J connectivity index is 0.00000192. The first kappa shape index (κ1) is 17.6. The van der Waals surface area contributed by atoms with Crippen LogP contribution in [0.5, 0.6) is 11.5 Å². The molecule has 2 saturated carbocycles. The highest BCUT2D eigenvalue weighted by molar-refractivity contribution is 5.47. The van der Waals surface area contributed by atoms with Gasteiger partial charge >= 0.3 is 0 Å². The molecule has 0 spiro atoms. The van der Waals surface area contributed by atoms with Crippen molar-refractivity contribution >= 4 is 0 Å². The lowest BCUT2D eigenvalue weighted by Crippen LogP contribution is -2.29. The first-order valence-electron chi connectivity index (χ1n) is 8.39. The van der Waals surface area contributed by atoms with Crippen LogP contribution in [0, 0.1) is 23.2 Å². The van der Waals surface area contributed by atoms with E-state index in [9.17, 15) is 5.26 Å². The number of ether oxygens (including phenoxy) is 2. The van der Waals surface area contributed by atoms with Gasteiger partial charge in [0.1, 0.15) is 0 Å². The molecule has 0 bridgehead atoms. The smallest absolute Gasteiger partial charge is 0.161 e. The highest BCUT2D eigenvalue weighted by Gasteiger charge is 2.36. The maximum absolute atomic E-state index is 9.80. The first-order chi connectivity index (χ1) is 10.7. The van der Waals surface area contributed by atoms with E-state index in [1.54, 1.807) is 7.11 Å². The van der Waals surface area contributed by atoms with Crippen LogP contribution in [0.3, 0.4) is 0 Å². The Morgan fingerprint density at radius 3 is 2.43 bits per heavy atom. The second-order valence-electron chi connectivity index (χ2n) is 7.00. The van der Waals surface area contributed by atoms with Gasteiger partial charge in [0.2, 0.25) is 0 Å². The molecule has 4 heteroatoms. The number of benzene rings is 1. The van der Waals surface area contributed by atoms with Gasteiger partial charge in [-0.3, -0.25) is 0 Å². The summed E-state index contributed by atoms with van der Waals surface area (Å²) in [5.41, 5.74) is 0.740. The fourth-order valence-corrected chi connectivity index (χ4v) is 3.30. The van der Waals surface area contributed by atoms with Gasteiger partial charge in [-0.1, -0.05) is 13.0 Å². The van der Waals surface area contributed by atoms with E-state index >= 15 is 0 Å². The highest BCUT2D eigenvalue weighted by atomic mass is 16.5. The SMILES string of the molecule is COc1ccc(C2(C#N)CCC(C)CC2)cc1OCC1CC1.N. The van der Waals surface area contributed by atoms with Gasteiger partial charge in [0, 0.05) is 0 Å². The minimum atomic E-state index is -0.351. The summed E-state index contributed by atoms with van der Waals surface area (Å²) in [4.78, 5) is 0. The van der Waals surface area contributed by atoms with Gasteiger partial charge < -0.3 is 15.6 Å². The Morgan fingerprint density at radius 1 is 1.17 bits per heavy atom. The van der Waals surface area contributed by atoms with Gasteiger partial charge in [-0.15, -0.1) is 0 Å². The van der Waals surface area contributed by atoms with Crippen LogP contribution in [0.25, 0.3) is 0 Å². The van der Waals surface area contributed by atoms with Crippen molar-refractivity contribution in [2.45, 2.75) is 50.9 Å². The Hall–Kier alpha value is -1.73. The Kier molecular flexibility index (Phi) is 5.54. The number of rotatable bonds is 5. The molecular formula is C19H28N2O2. The average molecular weight is 316 g/mol. The summed E-state index contributed by atoms with van der Waals surface area (Å²) in [6.45, 7) is 3.04. The summed E-state index contributed by atoms with van der Waals surface area (Å²) in [6.07, 6.45) is 6.66. The topological polar surface area (TPSA) is 77.2 Å². The third kappa shape index (κ3) is 3.79. The summed E-state index contributed by atoms with van der Waals surface area (Å²) in [5, 5.41) is 9.80. The van der Waals surface area contributed by atoms with Crippen molar-refractivity contribution in [2.75, 3.05) is 13.7 Å². The molecule has 0 aromatic heterocycles. The molecule has 4 nitrogen and oxygen atoms in total. The van der Waals surface area contributed by atoms with Crippen LogP contribution in [0.4, 0.5) is 0 Å². The van der Waals surface area contributed by atoms with Crippen molar-refractivity contribution in [1.82, 2.24) is 6.15 Å². The number of hydrogen-bond acceptors (Lipinski definition) is 4. The molecule has 0 aliphatic heterocycles. The molecule has 3 rings (SSSR count).